The van der Waals surface area contributed by atoms with Crippen LogP contribution in [0.3, 0.4) is 0 Å². The second-order valence-electron chi connectivity index (χ2n) is 4.14. The normalized spacial score (nSPS) is 25.1. The Balaban J connectivity index is 2.16. The molecule has 0 radical (unpaired) electrons. The summed E-state index contributed by atoms with van der Waals surface area (Å²) in [6.45, 7) is 2.80. The summed E-state index contributed by atoms with van der Waals surface area (Å²) in [4.78, 5) is 10.6. The summed E-state index contributed by atoms with van der Waals surface area (Å²) in [5.74, 6) is 0.671. The van der Waals surface area contributed by atoms with Crippen LogP contribution in [0.4, 0.5) is 5.95 Å². The molecule has 1 N–H and O–H groups in total. The minimum atomic E-state index is 0.0626. The van der Waals surface area contributed by atoms with Crippen LogP contribution in [0.25, 0.3) is 0 Å². The van der Waals surface area contributed by atoms with E-state index in [2.05, 4.69) is 9.97 Å². The zero-order valence-electron chi connectivity index (χ0n) is 9.63. The molecule has 0 aliphatic carbocycles. The monoisotopic (exact) mass is 223 g/mol. The highest BCUT2D eigenvalue weighted by Gasteiger charge is 2.33. The third-order valence-corrected chi connectivity index (χ3v) is 2.94. The van der Waals surface area contributed by atoms with E-state index in [1.165, 1.54) is 0 Å². The van der Waals surface area contributed by atoms with Gasteiger partial charge >= 0.3 is 0 Å². The molecule has 2 atom stereocenters. The predicted octanol–water partition coefficient (Wildman–Crippen LogP) is 0.371. The molecule has 1 fully saturated rings. The van der Waals surface area contributed by atoms with Crippen LogP contribution < -0.4 is 4.90 Å². The minimum absolute atomic E-state index is 0.0626. The lowest BCUT2D eigenvalue weighted by Gasteiger charge is -2.22. The third kappa shape index (κ3) is 2.15. The second kappa shape index (κ2) is 4.76. The van der Waals surface area contributed by atoms with Gasteiger partial charge in [0.25, 0.3) is 0 Å². The first-order valence-corrected chi connectivity index (χ1v) is 5.43. The number of aliphatic hydroxyl groups excluding tert-OH is 1. The van der Waals surface area contributed by atoms with Crippen molar-refractivity contribution in [3.05, 3.63) is 18.0 Å². The lowest BCUT2D eigenvalue weighted by Crippen LogP contribution is -2.33. The largest absolute Gasteiger partial charge is 0.394 e. The van der Waals surface area contributed by atoms with Gasteiger partial charge in [-0.05, 0) is 18.9 Å². The predicted molar refractivity (Wildman–Crippen MR) is 60.4 cm³/mol. The van der Waals surface area contributed by atoms with Gasteiger partial charge in [0.05, 0.1) is 18.8 Å². The lowest BCUT2D eigenvalue weighted by atomic mass is 10.2. The highest BCUT2D eigenvalue weighted by atomic mass is 16.5. The number of aromatic nitrogens is 2. The first-order chi connectivity index (χ1) is 7.74. The van der Waals surface area contributed by atoms with Gasteiger partial charge in [-0.15, -0.1) is 0 Å². The molecular weight excluding hydrogens is 206 g/mol. The van der Waals surface area contributed by atoms with E-state index in [1.54, 1.807) is 19.5 Å². The van der Waals surface area contributed by atoms with Gasteiger partial charge in [-0.2, -0.15) is 0 Å². The quantitative estimate of drug-likeness (QED) is 0.802. The van der Waals surface area contributed by atoms with Crippen LogP contribution in [-0.2, 0) is 4.74 Å². The number of rotatable bonds is 3. The Morgan fingerprint density at radius 1 is 1.50 bits per heavy atom. The van der Waals surface area contributed by atoms with E-state index in [0.717, 1.165) is 18.5 Å². The van der Waals surface area contributed by atoms with Gasteiger partial charge in [0, 0.05) is 26.0 Å². The number of hydrogen-bond donors (Lipinski definition) is 1. The molecule has 5 nitrogen and oxygen atoms in total. The van der Waals surface area contributed by atoms with E-state index in [4.69, 9.17) is 4.74 Å². The van der Waals surface area contributed by atoms with Gasteiger partial charge in [-0.25, -0.2) is 9.97 Å². The average molecular weight is 223 g/mol. The van der Waals surface area contributed by atoms with Crippen LogP contribution in [0.15, 0.2) is 12.4 Å². The van der Waals surface area contributed by atoms with Gasteiger partial charge < -0.3 is 14.7 Å². The Morgan fingerprint density at radius 3 is 2.75 bits per heavy atom. The van der Waals surface area contributed by atoms with Crippen molar-refractivity contribution < 1.29 is 9.84 Å². The van der Waals surface area contributed by atoms with E-state index >= 15 is 0 Å². The molecule has 0 aromatic carbocycles. The molecule has 0 unspecified atom stereocenters. The molecule has 2 rings (SSSR count). The summed E-state index contributed by atoms with van der Waals surface area (Å²) in [6, 6.07) is 0.0626. The Bertz CT molecular complexity index is 342. The fourth-order valence-corrected chi connectivity index (χ4v) is 2.00. The topological polar surface area (TPSA) is 58.5 Å². The summed E-state index contributed by atoms with van der Waals surface area (Å²) in [6.07, 6.45) is 4.56. The van der Waals surface area contributed by atoms with Crippen molar-refractivity contribution >= 4 is 5.95 Å². The van der Waals surface area contributed by atoms with E-state index < -0.39 is 0 Å². The highest BCUT2D eigenvalue weighted by molar-refractivity contribution is 5.34. The van der Waals surface area contributed by atoms with Crippen LogP contribution in [0.5, 0.6) is 0 Å². The van der Waals surface area contributed by atoms with Crippen LogP contribution >= 0.6 is 0 Å². The summed E-state index contributed by atoms with van der Waals surface area (Å²) in [5.41, 5.74) is 1.03. The fourth-order valence-electron chi connectivity index (χ4n) is 2.00. The molecule has 0 bridgehead atoms. The first kappa shape index (κ1) is 11.3. The SMILES string of the molecule is CO[C@H]1C[C@@H](CO)N(c2ncc(C)cn2)C1. The molecule has 1 aromatic heterocycles. The summed E-state index contributed by atoms with van der Waals surface area (Å²) < 4.78 is 5.31. The van der Waals surface area contributed by atoms with Crippen molar-refractivity contribution in [1.82, 2.24) is 9.97 Å². The van der Waals surface area contributed by atoms with Crippen LogP contribution in [0, 0.1) is 6.92 Å². The van der Waals surface area contributed by atoms with Crippen LogP contribution in [-0.4, -0.2) is 47.5 Å². The van der Waals surface area contributed by atoms with Crippen molar-refractivity contribution in [2.45, 2.75) is 25.5 Å². The van der Waals surface area contributed by atoms with Crippen LogP contribution in [0.2, 0.25) is 0 Å². The molecule has 5 heteroatoms. The maximum absolute atomic E-state index is 9.31. The summed E-state index contributed by atoms with van der Waals surface area (Å²) in [5, 5.41) is 9.31. The van der Waals surface area contributed by atoms with Gasteiger partial charge in [0.2, 0.25) is 5.95 Å². The lowest BCUT2D eigenvalue weighted by molar-refractivity contribution is 0.115. The number of ether oxygens (including phenoxy) is 1. The Labute approximate surface area is 95.1 Å². The van der Waals surface area contributed by atoms with E-state index in [0.29, 0.717) is 5.95 Å². The zero-order valence-corrected chi connectivity index (χ0v) is 9.63. The Hall–Kier alpha value is -1.20. The standard InChI is InChI=1S/C11H17N3O2/c1-8-4-12-11(13-5-8)14-6-10(16-2)3-9(14)7-15/h4-5,9-10,15H,3,6-7H2,1-2H3/t9-,10-/m0/s1. The van der Waals surface area contributed by atoms with Gasteiger partial charge in [-0.3, -0.25) is 0 Å². The van der Waals surface area contributed by atoms with E-state index in [-0.39, 0.29) is 18.8 Å². The number of hydrogen-bond acceptors (Lipinski definition) is 5. The number of methoxy groups -OCH3 is 1. The molecule has 2 heterocycles. The van der Waals surface area contributed by atoms with Gasteiger partial charge in [-0.1, -0.05) is 0 Å². The highest BCUT2D eigenvalue weighted by Crippen LogP contribution is 2.23. The van der Waals surface area contributed by atoms with Crippen molar-refractivity contribution in [3.63, 3.8) is 0 Å². The maximum atomic E-state index is 9.31. The zero-order chi connectivity index (χ0) is 11.5. The molecule has 88 valence electrons. The minimum Gasteiger partial charge on any atom is -0.394 e. The van der Waals surface area contributed by atoms with Gasteiger partial charge in [0.15, 0.2) is 0 Å². The van der Waals surface area contributed by atoms with Crippen molar-refractivity contribution in [1.29, 1.82) is 0 Å². The molecular formula is C11H17N3O2. The van der Waals surface area contributed by atoms with Crippen molar-refractivity contribution in [2.24, 2.45) is 0 Å². The molecule has 1 aliphatic heterocycles. The molecule has 0 spiro atoms. The molecule has 1 aliphatic rings. The van der Waals surface area contributed by atoms with Gasteiger partial charge in [0.1, 0.15) is 0 Å². The van der Waals surface area contributed by atoms with E-state index in [9.17, 15) is 5.11 Å². The molecule has 16 heavy (non-hydrogen) atoms. The third-order valence-electron chi connectivity index (χ3n) is 2.94. The second-order valence-corrected chi connectivity index (χ2v) is 4.14. The van der Waals surface area contributed by atoms with E-state index in [1.807, 2.05) is 11.8 Å². The fraction of sp³-hybridized carbons (Fsp3) is 0.636. The van der Waals surface area contributed by atoms with Crippen molar-refractivity contribution in [3.8, 4) is 0 Å². The Kier molecular flexibility index (Phi) is 3.36. The smallest absolute Gasteiger partial charge is 0.225 e. The average Bonchev–Trinajstić information content (AvgIpc) is 2.73. The summed E-state index contributed by atoms with van der Waals surface area (Å²) in [7, 11) is 1.69. The number of aliphatic hydroxyl groups is 1. The Morgan fingerprint density at radius 2 is 2.19 bits per heavy atom. The molecule has 0 amide bonds. The molecule has 1 aromatic rings. The first-order valence-electron chi connectivity index (χ1n) is 5.43. The molecule has 1 saturated heterocycles. The summed E-state index contributed by atoms with van der Waals surface area (Å²) >= 11 is 0. The maximum Gasteiger partial charge on any atom is 0.225 e. The number of nitrogens with zero attached hydrogens (tertiary/aromatic N) is 3. The number of anilines is 1. The van der Waals surface area contributed by atoms with Crippen LogP contribution in [0.1, 0.15) is 12.0 Å². The molecule has 0 saturated carbocycles. The van der Waals surface area contributed by atoms with Crippen molar-refractivity contribution in [2.75, 3.05) is 25.2 Å². The number of aryl methyl sites for hydroxylation is 1.